The van der Waals surface area contributed by atoms with Crippen molar-refractivity contribution in [3.8, 4) is 5.75 Å². The van der Waals surface area contributed by atoms with E-state index in [9.17, 15) is 5.11 Å². The Morgan fingerprint density at radius 3 is 2.45 bits per heavy atom. The van der Waals surface area contributed by atoms with Gasteiger partial charge in [0.2, 0.25) is 0 Å². The maximum absolute atomic E-state index is 9.91. The lowest BCUT2D eigenvalue weighted by Gasteiger charge is -2.27. The van der Waals surface area contributed by atoms with E-state index < -0.39 is 6.10 Å². The molecule has 20 heavy (non-hydrogen) atoms. The molecule has 0 bridgehead atoms. The van der Waals surface area contributed by atoms with Crippen molar-refractivity contribution < 1.29 is 14.6 Å². The van der Waals surface area contributed by atoms with Gasteiger partial charge < -0.3 is 19.9 Å². The Labute approximate surface area is 130 Å². The molecule has 0 amide bonds. The molecule has 114 valence electrons. The van der Waals surface area contributed by atoms with Crippen LogP contribution < -0.4 is 10.1 Å². The minimum Gasteiger partial charge on any atom is -0.488 e. The number of nitrogens with one attached hydrogen (secondary N) is 1. The Balaban J connectivity index is 2.42. The number of benzene rings is 1. The van der Waals surface area contributed by atoms with E-state index in [0.717, 1.165) is 0 Å². The Bertz CT molecular complexity index is 407. The molecule has 2 N–H and O–H groups in total. The summed E-state index contributed by atoms with van der Waals surface area (Å²) in [4.78, 5) is 0. The first kappa shape index (κ1) is 17.5. The van der Waals surface area contributed by atoms with E-state index in [4.69, 9.17) is 32.7 Å². The molecule has 1 aromatic rings. The van der Waals surface area contributed by atoms with E-state index in [1.165, 1.54) is 0 Å². The maximum Gasteiger partial charge on any atom is 0.156 e. The number of aliphatic hydroxyl groups excluding tert-OH is 1. The predicted molar refractivity (Wildman–Crippen MR) is 81.9 cm³/mol. The zero-order valence-electron chi connectivity index (χ0n) is 12.0. The van der Waals surface area contributed by atoms with E-state index in [-0.39, 0.29) is 12.1 Å². The number of ether oxygens (including phenoxy) is 2. The van der Waals surface area contributed by atoms with Crippen LogP contribution in [0.4, 0.5) is 0 Å². The lowest BCUT2D eigenvalue weighted by Crippen LogP contribution is -2.47. The molecule has 0 aliphatic carbocycles. The van der Waals surface area contributed by atoms with Crippen LogP contribution in [0.25, 0.3) is 0 Å². The highest BCUT2D eigenvalue weighted by molar-refractivity contribution is 6.37. The summed E-state index contributed by atoms with van der Waals surface area (Å²) in [5.74, 6) is 0.394. The average Bonchev–Trinajstić information content (AvgIpc) is 2.36. The first-order chi connectivity index (χ1) is 9.35. The summed E-state index contributed by atoms with van der Waals surface area (Å²) >= 11 is 12.0. The van der Waals surface area contributed by atoms with Crippen molar-refractivity contribution in [2.75, 3.05) is 26.9 Å². The molecule has 0 saturated carbocycles. The van der Waals surface area contributed by atoms with E-state index in [0.29, 0.717) is 28.9 Å². The van der Waals surface area contributed by atoms with Gasteiger partial charge in [0.25, 0.3) is 0 Å². The summed E-state index contributed by atoms with van der Waals surface area (Å²) < 4.78 is 10.6. The molecule has 1 unspecified atom stereocenters. The van der Waals surface area contributed by atoms with Crippen molar-refractivity contribution in [1.29, 1.82) is 0 Å². The van der Waals surface area contributed by atoms with Gasteiger partial charge in [-0.3, -0.25) is 0 Å². The summed E-state index contributed by atoms with van der Waals surface area (Å²) in [5.41, 5.74) is -0.211. The summed E-state index contributed by atoms with van der Waals surface area (Å²) in [5, 5.41) is 14.0. The second kappa shape index (κ2) is 8.05. The summed E-state index contributed by atoms with van der Waals surface area (Å²) in [6.45, 7) is 5.04. The molecule has 0 saturated heterocycles. The molecule has 0 aliphatic heterocycles. The fourth-order valence-corrected chi connectivity index (χ4v) is 2.17. The van der Waals surface area contributed by atoms with Crippen LogP contribution in [-0.4, -0.2) is 43.6 Å². The highest BCUT2D eigenvalue weighted by atomic mass is 35.5. The molecule has 0 radical (unpaired) electrons. The number of methoxy groups -OCH3 is 1. The first-order valence-electron chi connectivity index (χ1n) is 6.34. The average molecular weight is 322 g/mol. The SMILES string of the molecule is COCC(C)(C)NCC(O)COc1c(Cl)cccc1Cl. The maximum atomic E-state index is 9.91. The summed E-state index contributed by atoms with van der Waals surface area (Å²) in [6, 6.07) is 5.12. The quantitative estimate of drug-likeness (QED) is 0.773. The Hall–Kier alpha value is -0.520. The molecule has 1 aromatic carbocycles. The fourth-order valence-electron chi connectivity index (χ4n) is 1.66. The minimum atomic E-state index is -0.668. The largest absolute Gasteiger partial charge is 0.488 e. The topological polar surface area (TPSA) is 50.7 Å². The van der Waals surface area contributed by atoms with Crippen molar-refractivity contribution in [1.82, 2.24) is 5.32 Å². The van der Waals surface area contributed by atoms with Gasteiger partial charge in [0.1, 0.15) is 12.7 Å². The molecule has 4 nitrogen and oxygen atoms in total. The Morgan fingerprint density at radius 1 is 1.30 bits per heavy atom. The van der Waals surface area contributed by atoms with E-state index in [1.807, 2.05) is 13.8 Å². The Morgan fingerprint density at radius 2 is 1.90 bits per heavy atom. The third-order valence-electron chi connectivity index (χ3n) is 2.66. The van der Waals surface area contributed by atoms with Crippen LogP contribution in [0.5, 0.6) is 5.75 Å². The number of halogens is 2. The molecular weight excluding hydrogens is 301 g/mol. The number of β-amino-alcohol motifs (C(OH)–C–C–N with tert-alkyl or cyclic N) is 1. The van der Waals surface area contributed by atoms with Gasteiger partial charge in [-0.2, -0.15) is 0 Å². The molecular formula is C14H21Cl2NO3. The second-order valence-corrected chi connectivity index (χ2v) is 6.03. The monoisotopic (exact) mass is 321 g/mol. The third-order valence-corrected chi connectivity index (χ3v) is 3.26. The highest BCUT2D eigenvalue weighted by Gasteiger charge is 2.18. The first-order valence-corrected chi connectivity index (χ1v) is 7.10. The van der Waals surface area contributed by atoms with Crippen molar-refractivity contribution >= 4 is 23.2 Å². The summed E-state index contributed by atoms with van der Waals surface area (Å²) in [7, 11) is 1.64. The number of hydrogen-bond acceptors (Lipinski definition) is 4. The molecule has 0 heterocycles. The number of aliphatic hydroxyl groups is 1. The van der Waals surface area contributed by atoms with Crippen LogP contribution in [0.15, 0.2) is 18.2 Å². The van der Waals surface area contributed by atoms with E-state index in [1.54, 1.807) is 25.3 Å². The van der Waals surface area contributed by atoms with Gasteiger partial charge in [-0.05, 0) is 26.0 Å². The lowest BCUT2D eigenvalue weighted by atomic mass is 10.1. The molecule has 1 atom stereocenters. The van der Waals surface area contributed by atoms with Crippen molar-refractivity contribution in [2.45, 2.75) is 25.5 Å². The van der Waals surface area contributed by atoms with Crippen LogP contribution in [0.3, 0.4) is 0 Å². The molecule has 6 heteroatoms. The number of hydrogen-bond donors (Lipinski definition) is 2. The van der Waals surface area contributed by atoms with Gasteiger partial charge in [-0.25, -0.2) is 0 Å². The van der Waals surface area contributed by atoms with Crippen molar-refractivity contribution in [3.63, 3.8) is 0 Å². The zero-order valence-corrected chi connectivity index (χ0v) is 13.5. The van der Waals surface area contributed by atoms with Gasteiger partial charge in [-0.15, -0.1) is 0 Å². The number of rotatable bonds is 8. The van der Waals surface area contributed by atoms with Gasteiger partial charge in [0.05, 0.1) is 16.7 Å². The molecule has 0 aliphatic rings. The predicted octanol–water partition coefficient (Wildman–Crippen LogP) is 2.75. The lowest BCUT2D eigenvalue weighted by molar-refractivity contribution is 0.0814. The van der Waals surface area contributed by atoms with Crippen LogP contribution in [0.2, 0.25) is 10.0 Å². The minimum absolute atomic E-state index is 0.111. The van der Waals surface area contributed by atoms with E-state index in [2.05, 4.69) is 5.32 Å². The molecule has 0 spiro atoms. The smallest absolute Gasteiger partial charge is 0.156 e. The number of para-hydroxylation sites is 1. The van der Waals surface area contributed by atoms with Crippen LogP contribution in [0, 0.1) is 0 Å². The second-order valence-electron chi connectivity index (χ2n) is 5.21. The van der Waals surface area contributed by atoms with Crippen LogP contribution in [0.1, 0.15) is 13.8 Å². The molecule has 0 fully saturated rings. The van der Waals surface area contributed by atoms with E-state index >= 15 is 0 Å². The zero-order chi connectivity index (χ0) is 15.2. The highest BCUT2D eigenvalue weighted by Crippen LogP contribution is 2.32. The van der Waals surface area contributed by atoms with Crippen LogP contribution >= 0.6 is 23.2 Å². The fraction of sp³-hybridized carbons (Fsp3) is 0.571. The van der Waals surface area contributed by atoms with Crippen LogP contribution in [-0.2, 0) is 4.74 Å². The molecule has 0 aromatic heterocycles. The Kier molecular flexibility index (Phi) is 7.06. The molecule has 1 rings (SSSR count). The van der Waals surface area contributed by atoms with Gasteiger partial charge in [-0.1, -0.05) is 29.3 Å². The standard InChI is InChI=1S/C14H21Cl2NO3/c1-14(2,9-19-3)17-7-10(18)8-20-13-11(15)5-4-6-12(13)16/h4-6,10,17-18H,7-9H2,1-3H3. The van der Waals surface area contributed by atoms with Gasteiger partial charge >= 0.3 is 0 Å². The van der Waals surface area contributed by atoms with Gasteiger partial charge in [0, 0.05) is 19.2 Å². The third kappa shape index (κ3) is 5.85. The van der Waals surface area contributed by atoms with Gasteiger partial charge in [0.15, 0.2) is 5.75 Å². The summed E-state index contributed by atoms with van der Waals surface area (Å²) in [6.07, 6.45) is -0.668. The van der Waals surface area contributed by atoms with Crippen molar-refractivity contribution in [2.24, 2.45) is 0 Å². The normalized spacial score (nSPS) is 13.3. The van der Waals surface area contributed by atoms with Crippen molar-refractivity contribution in [3.05, 3.63) is 28.2 Å².